The average Bonchev–Trinajstić information content (AvgIpc) is 2.55. The van der Waals surface area contributed by atoms with Gasteiger partial charge in [0.2, 0.25) is 0 Å². The first-order chi connectivity index (χ1) is 10.2. The predicted octanol–water partition coefficient (Wildman–Crippen LogP) is 1.82. The Morgan fingerprint density at radius 1 is 1.29 bits per heavy atom. The highest BCUT2D eigenvalue weighted by Gasteiger charge is 2.24. The van der Waals surface area contributed by atoms with E-state index in [4.69, 9.17) is 5.26 Å². The summed E-state index contributed by atoms with van der Waals surface area (Å²) in [5.74, 6) is 0. The topological polar surface area (TPSA) is 59.4 Å². The number of nitriles is 1. The van der Waals surface area contributed by atoms with E-state index in [-0.39, 0.29) is 12.1 Å². The lowest BCUT2D eigenvalue weighted by Crippen LogP contribution is -2.53. The van der Waals surface area contributed by atoms with Crippen LogP contribution < -0.4 is 5.32 Å². The third-order valence-electron chi connectivity index (χ3n) is 3.86. The molecule has 1 unspecified atom stereocenters. The van der Waals surface area contributed by atoms with E-state index in [2.05, 4.69) is 16.3 Å². The van der Waals surface area contributed by atoms with Crippen LogP contribution in [0.1, 0.15) is 18.9 Å². The summed E-state index contributed by atoms with van der Waals surface area (Å²) in [6, 6.07) is 12.2. The van der Waals surface area contributed by atoms with Crippen molar-refractivity contribution in [1.82, 2.24) is 15.1 Å². The Kier molecular flexibility index (Phi) is 5.59. The van der Waals surface area contributed by atoms with E-state index in [1.165, 1.54) is 0 Å². The molecule has 1 saturated heterocycles. The van der Waals surface area contributed by atoms with Crippen LogP contribution in [0.4, 0.5) is 4.79 Å². The van der Waals surface area contributed by atoms with Crippen molar-refractivity contribution in [3.8, 4) is 6.07 Å². The summed E-state index contributed by atoms with van der Waals surface area (Å²) in [6.45, 7) is 5.47. The maximum absolute atomic E-state index is 12.1. The fraction of sp³-hybridized carbons (Fsp3) is 0.500. The number of hydrogen-bond donors (Lipinski definition) is 1. The molecule has 0 saturated carbocycles. The minimum Gasteiger partial charge on any atom is -0.334 e. The summed E-state index contributed by atoms with van der Waals surface area (Å²) in [6.07, 6.45) is 0.830. The van der Waals surface area contributed by atoms with Crippen molar-refractivity contribution in [2.24, 2.45) is 0 Å². The summed E-state index contributed by atoms with van der Waals surface area (Å²) in [7, 11) is 0. The molecule has 1 heterocycles. The first-order valence-corrected chi connectivity index (χ1v) is 7.45. The molecule has 5 heteroatoms. The zero-order chi connectivity index (χ0) is 15.1. The van der Waals surface area contributed by atoms with Gasteiger partial charge >= 0.3 is 6.03 Å². The number of amides is 2. The number of nitrogens with one attached hydrogen (secondary N) is 1. The van der Waals surface area contributed by atoms with Crippen molar-refractivity contribution in [1.29, 1.82) is 5.26 Å². The SMILES string of the molecule is CCC(C#N)N1CCN(C(=O)NCc2ccccc2)CC1. The van der Waals surface area contributed by atoms with Gasteiger partial charge in [0.1, 0.15) is 0 Å². The molecule has 1 aromatic rings. The minimum atomic E-state index is -0.0282. The van der Waals surface area contributed by atoms with Crippen LogP contribution in [0, 0.1) is 11.3 Å². The maximum Gasteiger partial charge on any atom is 0.317 e. The molecular formula is C16H22N4O. The smallest absolute Gasteiger partial charge is 0.317 e. The van der Waals surface area contributed by atoms with E-state index in [0.717, 1.165) is 25.1 Å². The molecule has 2 rings (SSSR count). The second kappa shape index (κ2) is 7.65. The van der Waals surface area contributed by atoms with E-state index in [0.29, 0.717) is 19.6 Å². The summed E-state index contributed by atoms with van der Waals surface area (Å²) in [5.41, 5.74) is 1.10. The monoisotopic (exact) mass is 286 g/mol. The second-order valence-electron chi connectivity index (χ2n) is 5.22. The molecule has 21 heavy (non-hydrogen) atoms. The summed E-state index contributed by atoms with van der Waals surface area (Å²) in [4.78, 5) is 16.1. The van der Waals surface area contributed by atoms with Gasteiger partial charge in [0, 0.05) is 32.7 Å². The Labute approximate surface area is 126 Å². The van der Waals surface area contributed by atoms with Gasteiger partial charge in [-0.25, -0.2) is 4.79 Å². The largest absolute Gasteiger partial charge is 0.334 e. The zero-order valence-electron chi connectivity index (χ0n) is 12.5. The summed E-state index contributed by atoms with van der Waals surface area (Å²) < 4.78 is 0. The van der Waals surface area contributed by atoms with Gasteiger partial charge in [0.15, 0.2) is 0 Å². The quantitative estimate of drug-likeness (QED) is 0.918. The van der Waals surface area contributed by atoms with Crippen LogP contribution >= 0.6 is 0 Å². The lowest BCUT2D eigenvalue weighted by Gasteiger charge is -2.36. The number of nitrogens with zero attached hydrogens (tertiary/aromatic N) is 3. The van der Waals surface area contributed by atoms with Crippen molar-refractivity contribution >= 4 is 6.03 Å². The van der Waals surface area contributed by atoms with E-state index in [1.807, 2.05) is 42.2 Å². The van der Waals surface area contributed by atoms with Crippen LogP contribution in [0.15, 0.2) is 30.3 Å². The van der Waals surface area contributed by atoms with Gasteiger partial charge in [-0.3, -0.25) is 4.90 Å². The number of rotatable bonds is 4. The molecule has 0 spiro atoms. The van der Waals surface area contributed by atoms with Gasteiger partial charge in [-0.05, 0) is 12.0 Å². The number of carbonyl (C=O) groups excluding carboxylic acids is 1. The summed E-state index contributed by atoms with van der Waals surface area (Å²) in [5, 5.41) is 12.0. The third kappa shape index (κ3) is 4.20. The Hall–Kier alpha value is -2.06. The van der Waals surface area contributed by atoms with E-state index >= 15 is 0 Å². The van der Waals surface area contributed by atoms with Gasteiger partial charge in [-0.1, -0.05) is 37.3 Å². The van der Waals surface area contributed by atoms with Crippen molar-refractivity contribution in [3.05, 3.63) is 35.9 Å². The predicted molar refractivity (Wildman–Crippen MR) is 81.5 cm³/mol. The molecule has 0 bridgehead atoms. The molecule has 1 aromatic carbocycles. The van der Waals surface area contributed by atoms with Crippen LogP contribution in [0.5, 0.6) is 0 Å². The van der Waals surface area contributed by atoms with Gasteiger partial charge in [-0.15, -0.1) is 0 Å². The molecule has 2 amide bonds. The van der Waals surface area contributed by atoms with Crippen LogP contribution in [0.25, 0.3) is 0 Å². The lowest BCUT2D eigenvalue weighted by molar-refractivity contribution is 0.123. The number of carbonyl (C=O) groups is 1. The van der Waals surface area contributed by atoms with Crippen LogP contribution in [-0.4, -0.2) is 48.1 Å². The summed E-state index contributed by atoms with van der Waals surface area (Å²) >= 11 is 0. The van der Waals surface area contributed by atoms with Crippen LogP contribution in [-0.2, 0) is 6.54 Å². The van der Waals surface area contributed by atoms with Crippen molar-refractivity contribution in [3.63, 3.8) is 0 Å². The van der Waals surface area contributed by atoms with Gasteiger partial charge < -0.3 is 10.2 Å². The number of hydrogen-bond acceptors (Lipinski definition) is 3. The molecule has 112 valence electrons. The first kappa shape index (κ1) is 15.3. The molecule has 1 aliphatic rings. The molecule has 5 nitrogen and oxygen atoms in total. The highest BCUT2D eigenvalue weighted by atomic mass is 16.2. The highest BCUT2D eigenvalue weighted by Crippen LogP contribution is 2.09. The fourth-order valence-corrected chi connectivity index (χ4v) is 2.55. The van der Waals surface area contributed by atoms with E-state index in [1.54, 1.807) is 0 Å². The Morgan fingerprint density at radius 3 is 2.52 bits per heavy atom. The third-order valence-corrected chi connectivity index (χ3v) is 3.86. The molecular weight excluding hydrogens is 264 g/mol. The molecule has 1 atom stereocenters. The Bertz CT molecular complexity index is 489. The molecule has 1 aliphatic heterocycles. The first-order valence-electron chi connectivity index (χ1n) is 7.45. The normalized spacial score (nSPS) is 17.0. The molecule has 0 radical (unpaired) electrons. The molecule has 0 aliphatic carbocycles. The second-order valence-corrected chi connectivity index (χ2v) is 5.22. The Balaban J connectivity index is 1.77. The van der Waals surface area contributed by atoms with Gasteiger partial charge in [-0.2, -0.15) is 5.26 Å². The standard InChI is InChI=1S/C16H22N4O/c1-2-15(12-17)19-8-10-20(11-9-19)16(21)18-13-14-6-4-3-5-7-14/h3-7,15H,2,8-11,13H2,1H3,(H,18,21). The minimum absolute atomic E-state index is 0.0245. The average molecular weight is 286 g/mol. The van der Waals surface area contributed by atoms with E-state index in [9.17, 15) is 4.79 Å². The number of urea groups is 1. The Morgan fingerprint density at radius 2 is 1.95 bits per heavy atom. The van der Waals surface area contributed by atoms with Gasteiger partial charge in [0.25, 0.3) is 0 Å². The van der Waals surface area contributed by atoms with Crippen molar-refractivity contribution in [2.45, 2.75) is 25.9 Å². The zero-order valence-corrected chi connectivity index (χ0v) is 12.5. The van der Waals surface area contributed by atoms with Gasteiger partial charge in [0.05, 0.1) is 12.1 Å². The van der Waals surface area contributed by atoms with Crippen molar-refractivity contribution in [2.75, 3.05) is 26.2 Å². The van der Waals surface area contributed by atoms with Crippen molar-refractivity contribution < 1.29 is 4.79 Å². The molecule has 1 N–H and O–H groups in total. The highest BCUT2D eigenvalue weighted by molar-refractivity contribution is 5.74. The van der Waals surface area contributed by atoms with Crippen LogP contribution in [0.3, 0.4) is 0 Å². The molecule has 0 aromatic heterocycles. The maximum atomic E-state index is 12.1. The number of benzene rings is 1. The fourth-order valence-electron chi connectivity index (χ4n) is 2.55. The number of piperazine rings is 1. The lowest BCUT2D eigenvalue weighted by atomic mass is 10.2. The van der Waals surface area contributed by atoms with Crippen LogP contribution in [0.2, 0.25) is 0 Å². The van der Waals surface area contributed by atoms with E-state index < -0.39 is 0 Å². The molecule has 1 fully saturated rings.